The quantitative estimate of drug-likeness (QED) is 0.377. The van der Waals surface area contributed by atoms with Gasteiger partial charge in [0.2, 0.25) is 0 Å². The number of halogens is 1. The van der Waals surface area contributed by atoms with Crippen LogP contribution < -0.4 is 0 Å². The van der Waals surface area contributed by atoms with E-state index in [9.17, 15) is 0 Å². The van der Waals surface area contributed by atoms with Crippen LogP contribution in [-0.2, 0) is 10.3 Å². The van der Waals surface area contributed by atoms with Crippen molar-refractivity contribution >= 4 is 22.8 Å². The Morgan fingerprint density at radius 2 is 1.00 bits per heavy atom. The van der Waals surface area contributed by atoms with E-state index < -0.39 is 5.60 Å². The maximum atomic E-state index is 6.50. The highest BCUT2D eigenvalue weighted by molar-refractivity contribution is 9.36. The average Bonchev–Trinajstić information content (AvgIpc) is 2.65. The molecule has 0 heterocycles. The first-order chi connectivity index (χ1) is 11.4. The fourth-order valence-electron chi connectivity index (χ4n) is 2.90. The van der Waals surface area contributed by atoms with Crippen LogP contribution in [0.1, 0.15) is 16.7 Å². The van der Waals surface area contributed by atoms with E-state index in [1.54, 1.807) is 0 Å². The van der Waals surface area contributed by atoms with Gasteiger partial charge in [0.05, 0.1) is 6.35 Å². The summed E-state index contributed by atoms with van der Waals surface area (Å²) in [6.45, 7) is 0. The second kappa shape index (κ2) is 7.88. The molecule has 0 amide bonds. The highest BCUT2D eigenvalue weighted by atomic mass is 79.9. The number of hydrogen-bond donors (Lipinski definition) is 0. The van der Waals surface area contributed by atoms with Crippen LogP contribution in [0, 0.1) is 0 Å². The van der Waals surface area contributed by atoms with Gasteiger partial charge in [0, 0.05) is 0 Å². The van der Waals surface area contributed by atoms with Gasteiger partial charge in [-0.1, -0.05) is 106 Å². The summed E-state index contributed by atoms with van der Waals surface area (Å²) < 4.78 is 6.50. The molecule has 23 heavy (non-hydrogen) atoms. The first-order valence-corrected chi connectivity index (χ1v) is 11.0. The molecule has 0 aromatic heterocycles. The van der Waals surface area contributed by atoms with Gasteiger partial charge in [0.15, 0.2) is 0 Å². The molecule has 0 radical (unpaired) electrons. The van der Waals surface area contributed by atoms with Crippen molar-refractivity contribution in [1.82, 2.24) is 0 Å². The molecule has 1 nitrogen and oxygen atoms in total. The maximum Gasteiger partial charge on any atom is 0.144 e. The predicted octanol–water partition coefficient (Wildman–Crippen LogP) is 5.94. The van der Waals surface area contributed by atoms with E-state index in [1.165, 1.54) is 0 Å². The zero-order valence-corrected chi connectivity index (χ0v) is 15.2. The molecule has 0 fully saturated rings. The third-order valence-corrected chi connectivity index (χ3v) is 4.82. The van der Waals surface area contributed by atoms with Gasteiger partial charge in [-0.2, -0.15) is 0 Å². The summed E-state index contributed by atoms with van der Waals surface area (Å²) in [5.41, 5.74) is 2.83. The molecule has 3 rings (SSSR count). The fraction of sp³-hybridized carbons (Fsp3) is 0.100. The molecular formula is C20H18BrOP. The minimum Gasteiger partial charge on any atom is -0.356 e. The van der Waals surface area contributed by atoms with Crippen LogP contribution in [0.2, 0.25) is 0 Å². The van der Waals surface area contributed by atoms with E-state index in [0.717, 1.165) is 16.7 Å². The van der Waals surface area contributed by atoms with Gasteiger partial charge in [0.25, 0.3) is 0 Å². The minimum absolute atomic E-state index is 0.556. The van der Waals surface area contributed by atoms with Crippen molar-refractivity contribution in [3.63, 3.8) is 0 Å². The molecule has 0 bridgehead atoms. The van der Waals surface area contributed by atoms with Crippen LogP contribution in [0.4, 0.5) is 0 Å². The zero-order valence-electron chi connectivity index (χ0n) is 12.7. The van der Waals surface area contributed by atoms with Crippen molar-refractivity contribution in [2.45, 2.75) is 5.60 Å². The third kappa shape index (κ3) is 3.40. The molecule has 0 N–H and O–H groups in total. The topological polar surface area (TPSA) is 9.23 Å². The molecule has 0 spiro atoms. The largest absolute Gasteiger partial charge is 0.356 e. The fourth-order valence-corrected chi connectivity index (χ4v) is 3.52. The van der Waals surface area contributed by atoms with Crippen LogP contribution in [0.3, 0.4) is 0 Å². The van der Waals surface area contributed by atoms with Crippen LogP contribution in [0.15, 0.2) is 91.0 Å². The Balaban J connectivity index is 2.25. The summed E-state index contributed by atoms with van der Waals surface area (Å²) >= 11 is 3.52. The molecule has 1 atom stereocenters. The third-order valence-electron chi connectivity index (χ3n) is 3.88. The number of benzene rings is 3. The van der Waals surface area contributed by atoms with Crippen LogP contribution in [0.5, 0.6) is 0 Å². The minimum atomic E-state index is -0.593. The smallest absolute Gasteiger partial charge is 0.144 e. The molecule has 0 aliphatic carbocycles. The first-order valence-electron chi connectivity index (χ1n) is 7.52. The molecule has 3 heteroatoms. The Morgan fingerprint density at radius 1 is 0.652 bits per heavy atom. The average molecular weight is 385 g/mol. The van der Waals surface area contributed by atoms with E-state index in [4.69, 9.17) is 4.74 Å². The number of ether oxygens (including phenoxy) is 1. The van der Waals surface area contributed by atoms with Gasteiger partial charge in [0.1, 0.15) is 5.60 Å². The van der Waals surface area contributed by atoms with Crippen molar-refractivity contribution in [1.29, 1.82) is 0 Å². The van der Waals surface area contributed by atoms with Crippen molar-refractivity contribution < 1.29 is 4.74 Å². The SMILES string of the molecule is BrPCOC(c1ccccc1)(c1ccccc1)c1ccccc1. The molecule has 3 aromatic rings. The maximum absolute atomic E-state index is 6.50. The Hall–Kier alpha value is -1.47. The summed E-state index contributed by atoms with van der Waals surface area (Å²) in [6, 6.07) is 31.3. The molecule has 0 saturated heterocycles. The number of rotatable bonds is 6. The molecular weight excluding hydrogens is 367 g/mol. The van der Waals surface area contributed by atoms with Gasteiger partial charge in [-0.15, -0.1) is 0 Å². The molecule has 3 aromatic carbocycles. The lowest BCUT2D eigenvalue weighted by atomic mass is 9.80. The second-order valence-electron chi connectivity index (χ2n) is 5.20. The Kier molecular flexibility index (Phi) is 5.61. The monoisotopic (exact) mass is 384 g/mol. The van der Waals surface area contributed by atoms with Crippen LogP contribution >= 0.6 is 22.8 Å². The van der Waals surface area contributed by atoms with Gasteiger partial charge in [-0.05, 0) is 24.0 Å². The molecule has 1 unspecified atom stereocenters. The highest BCUT2D eigenvalue weighted by Gasteiger charge is 2.37. The van der Waals surface area contributed by atoms with E-state index in [2.05, 4.69) is 88.3 Å². The van der Waals surface area contributed by atoms with Gasteiger partial charge in [-0.3, -0.25) is 0 Å². The highest BCUT2D eigenvalue weighted by Crippen LogP contribution is 2.41. The van der Waals surface area contributed by atoms with E-state index >= 15 is 0 Å². The molecule has 116 valence electrons. The zero-order chi connectivity index (χ0) is 16.0. The summed E-state index contributed by atoms with van der Waals surface area (Å²) in [4.78, 5) is 0. The lowest BCUT2D eigenvalue weighted by Crippen LogP contribution is -2.32. The van der Waals surface area contributed by atoms with Gasteiger partial charge in [-0.25, -0.2) is 0 Å². The normalized spacial score (nSPS) is 11.9. The van der Waals surface area contributed by atoms with Gasteiger partial charge >= 0.3 is 0 Å². The Morgan fingerprint density at radius 3 is 1.30 bits per heavy atom. The summed E-state index contributed by atoms with van der Waals surface area (Å²) in [6.07, 6.45) is 0.651. The molecule has 0 aliphatic rings. The van der Waals surface area contributed by atoms with E-state index in [0.29, 0.717) is 13.6 Å². The Labute approximate surface area is 147 Å². The van der Waals surface area contributed by atoms with E-state index in [1.807, 2.05) is 18.2 Å². The Bertz CT molecular complexity index is 620. The van der Waals surface area contributed by atoms with Crippen molar-refractivity contribution in [2.24, 2.45) is 0 Å². The first kappa shape index (κ1) is 16.4. The van der Waals surface area contributed by atoms with Crippen molar-refractivity contribution in [2.75, 3.05) is 6.35 Å². The van der Waals surface area contributed by atoms with Crippen LogP contribution in [0.25, 0.3) is 0 Å². The van der Waals surface area contributed by atoms with Crippen molar-refractivity contribution in [3.8, 4) is 0 Å². The van der Waals surface area contributed by atoms with Gasteiger partial charge < -0.3 is 4.74 Å². The van der Waals surface area contributed by atoms with Crippen LogP contribution in [-0.4, -0.2) is 6.35 Å². The summed E-state index contributed by atoms with van der Waals surface area (Å²) in [5, 5.41) is 0. The summed E-state index contributed by atoms with van der Waals surface area (Å²) in [5.74, 6) is 0. The number of hydrogen-bond acceptors (Lipinski definition) is 1. The lowest BCUT2D eigenvalue weighted by molar-refractivity contribution is 0.0462. The van der Waals surface area contributed by atoms with Crippen molar-refractivity contribution in [3.05, 3.63) is 108 Å². The second-order valence-corrected chi connectivity index (χ2v) is 7.44. The standard InChI is InChI=1S/C20H18BrOP/c21-23-16-22-20(17-10-4-1-5-11-17,18-12-6-2-7-13-18)19-14-8-3-9-15-19/h1-15,23H,16H2. The van der Waals surface area contributed by atoms with E-state index in [-0.39, 0.29) is 0 Å². The molecule has 0 saturated carbocycles. The lowest BCUT2D eigenvalue weighted by Gasteiger charge is -2.35. The predicted molar refractivity (Wildman–Crippen MR) is 102 cm³/mol. The summed E-state index contributed by atoms with van der Waals surface area (Å²) in [7, 11) is 0.556. The molecule has 0 aliphatic heterocycles.